The maximum atomic E-state index is 12.2. The first kappa shape index (κ1) is 18.4. The standard InChI is InChI=1S/C20H21N3O4/c1-14-6-7-18-22-16(12-23(18)11-14)13-27-17-5-3-4-15(10-17)20(25)21-9-8-19(24)26-2/h3-7,10-12H,8-9,13H2,1-2H3,(H,21,25). The number of hydrogen-bond acceptors (Lipinski definition) is 5. The second-order valence-corrected chi connectivity index (χ2v) is 6.10. The number of fused-ring (bicyclic) bond motifs is 1. The molecule has 1 amide bonds. The Kier molecular flexibility index (Phi) is 5.71. The zero-order valence-electron chi connectivity index (χ0n) is 15.3. The van der Waals surface area contributed by atoms with Crippen LogP contribution in [0.3, 0.4) is 0 Å². The lowest BCUT2D eigenvalue weighted by atomic mass is 10.2. The summed E-state index contributed by atoms with van der Waals surface area (Å²) in [6.45, 7) is 2.54. The fourth-order valence-electron chi connectivity index (χ4n) is 2.59. The second-order valence-electron chi connectivity index (χ2n) is 6.10. The molecule has 0 bridgehead atoms. The summed E-state index contributed by atoms with van der Waals surface area (Å²) in [4.78, 5) is 27.7. The molecule has 2 heterocycles. The molecule has 7 nitrogen and oxygen atoms in total. The maximum absolute atomic E-state index is 12.2. The first-order valence-corrected chi connectivity index (χ1v) is 8.57. The Morgan fingerprint density at radius 1 is 1.19 bits per heavy atom. The molecule has 0 spiro atoms. The molecule has 0 radical (unpaired) electrons. The minimum absolute atomic E-state index is 0.131. The van der Waals surface area contributed by atoms with E-state index in [9.17, 15) is 9.59 Å². The van der Waals surface area contributed by atoms with E-state index in [1.807, 2.05) is 35.9 Å². The van der Waals surface area contributed by atoms with Crippen LogP contribution in [0.25, 0.3) is 5.65 Å². The molecule has 0 unspecified atom stereocenters. The predicted molar refractivity (Wildman–Crippen MR) is 99.7 cm³/mol. The quantitative estimate of drug-likeness (QED) is 0.649. The van der Waals surface area contributed by atoms with Crippen LogP contribution in [0.15, 0.2) is 48.8 Å². The van der Waals surface area contributed by atoms with E-state index in [2.05, 4.69) is 15.0 Å². The lowest BCUT2D eigenvalue weighted by Gasteiger charge is -2.07. The Balaban J connectivity index is 1.59. The highest BCUT2D eigenvalue weighted by Crippen LogP contribution is 2.16. The van der Waals surface area contributed by atoms with Crippen molar-refractivity contribution in [3.63, 3.8) is 0 Å². The van der Waals surface area contributed by atoms with Crippen LogP contribution >= 0.6 is 0 Å². The molecular formula is C20H21N3O4. The van der Waals surface area contributed by atoms with E-state index in [-0.39, 0.29) is 24.8 Å². The molecule has 0 aliphatic heterocycles. The Morgan fingerprint density at radius 2 is 2.04 bits per heavy atom. The Hall–Kier alpha value is -3.35. The molecule has 0 atom stereocenters. The summed E-state index contributed by atoms with van der Waals surface area (Å²) in [5.41, 5.74) is 3.27. The molecule has 0 saturated heterocycles. The van der Waals surface area contributed by atoms with Gasteiger partial charge in [-0.15, -0.1) is 0 Å². The highest BCUT2D eigenvalue weighted by atomic mass is 16.5. The lowest BCUT2D eigenvalue weighted by molar-refractivity contribution is -0.140. The number of esters is 1. The third-order valence-corrected chi connectivity index (χ3v) is 3.97. The summed E-state index contributed by atoms with van der Waals surface area (Å²) in [6.07, 6.45) is 4.06. The molecule has 1 N–H and O–H groups in total. The topological polar surface area (TPSA) is 81.9 Å². The molecule has 0 aliphatic carbocycles. The number of amides is 1. The SMILES string of the molecule is COC(=O)CCNC(=O)c1cccc(OCc2cn3cc(C)ccc3n2)c1. The highest BCUT2D eigenvalue weighted by molar-refractivity contribution is 5.94. The molecule has 7 heteroatoms. The molecule has 0 aliphatic rings. The van der Waals surface area contributed by atoms with Crippen molar-refractivity contribution in [2.24, 2.45) is 0 Å². The number of carbonyl (C=O) groups is 2. The number of nitrogens with zero attached hydrogens (tertiary/aromatic N) is 2. The number of pyridine rings is 1. The van der Waals surface area contributed by atoms with Crippen molar-refractivity contribution in [3.05, 3.63) is 65.6 Å². The summed E-state index contributed by atoms with van der Waals surface area (Å²) in [6, 6.07) is 10.8. The summed E-state index contributed by atoms with van der Waals surface area (Å²) in [7, 11) is 1.31. The van der Waals surface area contributed by atoms with Crippen molar-refractivity contribution in [1.82, 2.24) is 14.7 Å². The van der Waals surface area contributed by atoms with Crippen LogP contribution in [0.4, 0.5) is 0 Å². The van der Waals surface area contributed by atoms with Gasteiger partial charge in [-0.05, 0) is 36.8 Å². The number of nitrogens with one attached hydrogen (secondary N) is 1. The van der Waals surface area contributed by atoms with E-state index in [1.54, 1.807) is 24.3 Å². The molecule has 140 valence electrons. The highest BCUT2D eigenvalue weighted by Gasteiger charge is 2.09. The van der Waals surface area contributed by atoms with Crippen LogP contribution in [-0.4, -0.2) is 34.9 Å². The van der Waals surface area contributed by atoms with Gasteiger partial charge in [-0.2, -0.15) is 0 Å². The van der Waals surface area contributed by atoms with Crippen LogP contribution < -0.4 is 10.1 Å². The largest absolute Gasteiger partial charge is 0.487 e. The van der Waals surface area contributed by atoms with Gasteiger partial charge in [0.1, 0.15) is 18.0 Å². The molecule has 0 saturated carbocycles. The minimum Gasteiger partial charge on any atom is -0.487 e. The molecular weight excluding hydrogens is 346 g/mol. The number of aromatic nitrogens is 2. The molecule has 27 heavy (non-hydrogen) atoms. The average molecular weight is 367 g/mol. The van der Waals surface area contributed by atoms with Gasteiger partial charge in [0.2, 0.25) is 0 Å². The number of aryl methyl sites for hydroxylation is 1. The number of methoxy groups -OCH3 is 1. The van der Waals surface area contributed by atoms with Crippen LogP contribution in [-0.2, 0) is 16.1 Å². The van der Waals surface area contributed by atoms with E-state index in [0.29, 0.717) is 17.9 Å². The van der Waals surface area contributed by atoms with Crippen molar-refractivity contribution in [1.29, 1.82) is 0 Å². The van der Waals surface area contributed by atoms with Gasteiger partial charge >= 0.3 is 5.97 Å². The maximum Gasteiger partial charge on any atom is 0.307 e. The molecule has 1 aromatic carbocycles. The number of hydrogen-bond donors (Lipinski definition) is 1. The van der Waals surface area contributed by atoms with Crippen molar-refractivity contribution in [2.45, 2.75) is 20.0 Å². The van der Waals surface area contributed by atoms with E-state index < -0.39 is 0 Å². The van der Waals surface area contributed by atoms with Crippen LogP contribution in [0.1, 0.15) is 28.0 Å². The van der Waals surface area contributed by atoms with Gasteiger partial charge in [0, 0.05) is 24.5 Å². The van der Waals surface area contributed by atoms with Gasteiger partial charge < -0.3 is 19.2 Å². The number of rotatable bonds is 7. The van der Waals surface area contributed by atoms with Crippen LogP contribution in [0, 0.1) is 6.92 Å². The molecule has 3 rings (SSSR count). The summed E-state index contributed by atoms with van der Waals surface area (Å²) >= 11 is 0. The molecule has 0 fully saturated rings. The predicted octanol–water partition coefficient (Wildman–Crippen LogP) is 2.51. The van der Waals surface area contributed by atoms with Crippen molar-refractivity contribution in [2.75, 3.05) is 13.7 Å². The number of ether oxygens (including phenoxy) is 2. The fourth-order valence-corrected chi connectivity index (χ4v) is 2.59. The van der Waals surface area contributed by atoms with Crippen LogP contribution in [0.2, 0.25) is 0 Å². The number of benzene rings is 1. The van der Waals surface area contributed by atoms with Gasteiger partial charge in [0.15, 0.2) is 0 Å². The van der Waals surface area contributed by atoms with Gasteiger partial charge in [-0.25, -0.2) is 4.98 Å². The monoisotopic (exact) mass is 367 g/mol. The third kappa shape index (κ3) is 4.84. The zero-order valence-corrected chi connectivity index (χ0v) is 15.3. The smallest absolute Gasteiger partial charge is 0.307 e. The Labute approximate surface area is 156 Å². The normalized spacial score (nSPS) is 10.6. The van der Waals surface area contributed by atoms with Gasteiger partial charge in [-0.1, -0.05) is 12.1 Å². The minimum atomic E-state index is -0.366. The first-order valence-electron chi connectivity index (χ1n) is 8.57. The van der Waals surface area contributed by atoms with E-state index in [1.165, 1.54) is 7.11 Å². The van der Waals surface area contributed by atoms with E-state index >= 15 is 0 Å². The Bertz CT molecular complexity index is 965. The third-order valence-electron chi connectivity index (χ3n) is 3.97. The number of carbonyl (C=O) groups excluding carboxylic acids is 2. The second kappa shape index (κ2) is 8.35. The molecule has 2 aromatic heterocycles. The van der Waals surface area contributed by atoms with Gasteiger partial charge in [0.25, 0.3) is 5.91 Å². The lowest BCUT2D eigenvalue weighted by Crippen LogP contribution is -2.26. The zero-order chi connectivity index (χ0) is 19.2. The van der Waals surface area contributed by atoms with Gasteiger partial charge in [-0.3, -0.25) is 9.59 Å². The van der Waals surface area contributed by atoms with Crippen LogP contribution in [0.5, 0.6) is 5.75 Å². The molecule has 3 aromatic rings. The number of imidazole rings is 1. The Morgan fingerprint density at radius 3 is 2.85 bits per heavy atom. The summed E-state index contributed by atoms with van der Waals surface area (Å²) < 4.78 is 12.3. The van der Waals surface area contributed by atoms with Crippen molar-refractivity contribution in [3.8, 4) is 5.75 Å². The average Bonchev–Trinajstić information content (AvgIpc) is 3.08. The van der Waals surface area contributed by atoms with Crippen molar-refractivity contribution < 1.29 is 19.1 Å². The van der Waals surface area contributed by atoms with Crippen molar-refractivity contribution >= 4 is 17.5 Å². The summed E-state index contributed by atoms with van der Waals surface area (Å²) in [5.74, 6) is -0.0635. The summed E-state index contributed by atoms with van der Waals surface area (Å²) in [5, 5.41) is 2.68. The first-order chi connectivity index (χ1) is 13.0. The van der Waals surface area contributed by atoms with Gasteiger partial charge in [0.05, 0.1) is 19.2 Å². The fraction of sp³-hybridized carbons (Fsp3) is 0.250. The van der Waals surface area contributed by atoms with E-state index in [0.717, 1.165) is 16.9 Å². The van der Waals surface area contributed by atoms with E-state index in [4.69, 9.17) is 4.74 Å².